The van der Waals surface area contributed by atoms with Crippen LogP contribution >= 0.6 is 0 Å². The number of aromatic hydroxyl groups is 1. The minimum absolute atomic E-state index is 0.136. The number of ketones is 1. The van der Waals surface area contributed by atoms with Crippen molar-refractivity contribution in [1.82, 2.24) is 9.47 Å². The standard InChI is InChI=1S/C25H26N2O5/c1-3-27-14-16(19-13-17(30-2)4-6-21(19)27)12-23-24(29)18-5-7-22(28)20(25(18)32-23)15-26-8-10-31-11-9-26/h4-7,12-14,28H,3,8-11,15H2,1-2H3/b23-12-. The molecule has 0 saturated carbocycles. The number of nitrogens with zero attached hydrogens (tertiary/aromatic N) is 2. The predicted octanol–water partition coefficient (Wildman–Crippen LogP) is 3.82. The molecule has 0 spiro atoms. The predicted molar refractivity (Wildman–Crippen MR) is 121 cm³/mol. The Bertz CT molecular complexity index is 1220. The molecule has 0 unspecified atom stereocenters. The van der Waals surface area contributed by atoms with Crippen molar-refractivity contribution in [2.75, 3.05) is 33.4 Å². The van der Waals surface area contributed by atoms with Crippen LogP contribution in [0, 0.1) is 0 Å². The number of carbonyl (C=O) groups excluding carboxylic acids is 1. The van der Waals surface area contributed by atoms with E-state index in [1.165, 1.54) is 0 Å². The molecule has 1 saturated heterocycles. The van der Waals surface area contributed by atoms with Crippen molar-refractivity contribution in [1.29, 1.82) is 0 Å². The van der Waals surface area contributed by atoms with Crippen LogP contribution in [-0.2, 0) is 17.8 Å². The maximum Gasteiger partial charge on any atom is 0.231 e. The number of hydrogen-bond donors (Lipinski definition) is 1. The van der Waals surface area contributed by atoms with Gasteiger partial charge in [0.2, 0.25) is 5.78 Å². The van der Waals surface area contributed by atoms with E-state index in [1.54, 1.807) is 25.3 Å². The maximum absolute atomic E-state index is 13.2. The third-order valence-electron chi connectivity index (χ3n) is 6.15. The van der Waals surface area contributed by atoms with Crippen LogP contribution in [0.1, 0.15) is 28.4 Å². The van der Waals surface area contributed by atoms with Crippen molar-refractivity contribution in [3.05, 3.63) is 59.0 Å². The Balaban J connectivity index is 1.53. The zero-order valence-corrected chi connectivity index (χ0v) is 18.3. The molecule has 5 rings (SSSR count). The summed E-state index contributed by atoms with van der Waals surface area (Å²) in [5, 5.41) is 11.5. The number of morpholine rings is 1. The number of rotatable bonds is 5. The highest BCUT2D eigenvalue weighted by molar-refractivity contribution is 6.15. The van der Waals surface area contributed by atoms with Crippen LogP contribution in [0.4, 0.5) is 0 Å². The first-order chi connectivity index (χ1) is 15.6. The molecule has 0 radical (unpaired) electrons. The van der Waals surface area contributed by atoms with E-state index in [0.717, 1.165) is 41.9 Å². The highest BCUT2D eigenvalue weighted by Crippen LogP contribution is 2.40. The lowest BCUT2D eigenvalue weighted by Gasteiger charge is -2.27. The van der Waals surface area contributed by atoms with Crippen LogP contribution in [0.5, 0.6) is 17.2 Å². The van der Waals surface area contributed by atoms with Gasteiger partial charge in [0.1, 0.15) is 17.2 Å². The number of benzene rings is 2. The van der Waals surface area contributed by atoms with Crippen molar-refractivity contribution in [3.63, 3.8) is 0 Å². The largest absolute Gasteiger partial charge is 0.507 e. The van der Waals surface area contributed by atoms with E-state index in [0.29, 0.717) is 36.6 Å². The number of Topliss-reactive ketones (excluding diaryl/α,β-unsaturated/α-hetero) is 1. The van der Waals surface area contributed by atoms with Gasteiger partial charge in [0, 0.05) is 48.8 Å². The topological polar surface area (TPSA) is 73.2 Å². The van der Waals surface area contributed by atoms with Gasteiger partial charge in [-0.15, -0.1) is 0 Å². The van der Waals surface area contributed by atoms with Gasteiger partial charge in [0.25, 0.3) is 0 Å². The van der Waals surface area contributed by atoms with Crippen molar-refractivity contribution in [2.45, 2.75) is 20.0 Å². The molecule has 2 aliphatic rings. The van der Waals surface area contributed by atoms with Gasteiger partial charge in [-0.3, -0.25) is 9.69 Å². The summed E-state index contributed by atoms with van der Waals surface area (Å²) in [6, 6.07) is 9.13. The van der Waals surface area contributed by atoms with Gasteiger partial charge in [-0.2, -0.15) is 0 Å². The molecular weight excluding hydrogens is 408 g/mol. The van der Waals surface area contributed by atoms with Crippen molar-refractivity contribution < 1.29 is 24.1 Å². The number of carbonyl (C=O) groups is 1. The van der Waals surface area contributed by atoms with Gasteiger partial charge in [0.05, 0.1) is 31.5 Å². The molecule has 7 heteroatoms. The Kier molecular flexibility index (Phi) is 5.36. The first-order valence-electron chi connectivity index (χ1n) is 10.8. The van der Waals surface area contributed by atoms with E-state index in [2.05, 4.69) is 16.4 Å². The van der Waals surface area contributed by atoms with Crippen LogP contribution in [-0.4, -0.2) is 53.8 Å². The molecule has 3 heterocycles. The molecule has 166 valence electrons. The van der Waals surface area contributed by atoms with E-state index >= 15 is 0 Å². The quantitative estimate of drug-likeness (QED) is 0.616. The molecule has 7 nitrogen and oxygen atoms in total. The Morgan fingerprint density at radius 1 is 1.19 bits per heavy atom. The summed E-state index contributed by atoms with van der Waals surface area (Å²) >= 11 is 0. The van der Waals surface area contributed by atoms with Crippen LogP contribution in [0.3, 0.4) is 0 Å². The number of methoxy groups -OCH3 is 1. The molecule has 0 amide bonds. The number of aromatic nitrogens is 1. The Labute approximate surface area is 186 Å². The highest BCUT2D eigenvalue weighted by atomic mass is 16.5. The van der Waals surface area contributed by atoms with Crippen LogP contribution in [0.2, 0.25) is 0 Å². The van der Waals surface area contributed by atoms with Crippen LogP contribution < -0.4 is 9.47 Å². The fourth-order valence-corrected chi connectivity index (χ4v) is 4.38. The summed E-state index contributed by atoms with van der Waals surface area (Å²) < 4.78 is 19.0. The maximum atomic E-state index is 13.2. The molecule has 1 aromatic heterocycles. The minimum Gasteiger partial charge on any atom is -0.507 e. The smallest absolute Gasteiger partial charge is 0.231 e. The molecule has 1 N–H and O–H groups in total. The second kappa shape index (κ2) is 8.33. The van der Waals surface area contributed by atoms with E-state index in [4.69, 9.17) is 14.2 Å². The normalized spacial score (nSPS) is 17.7. The Morgan fingerprint density at radius 2 is 2.00 bits per heavy atom. The highest BCUT2D eigenvalue weighted by Gasteiger charge is 2.32. The SMILES string of the molecule is CCn1cc(/C=C2\Oc3c(ccc(O)c3CN3CCOCC3)C2=O)c2cc(OC)ccc21. The van der Waals surface area contributed by atoms with Crippen molar-refractivity contribution in [2.24, 2.45) is 0 Å². The minimum atomic E-state index is -0.177. The lowest BCUT2D eigenvalue weighted by atomic mass is 10.0. The number of phenols is 1. The Morgan fingerprint density at radius 3 is 2.75 bits per heavy atom. The number of allylic oxidation sites excluding steroid dienone is 1. The summed E-state index contributed by atoms with van der Waals surface area (Å²) in [5.41, 5.74) is 3.07. The number of aryl methyl sites for hydroxylation is 1. The summed E-state index contributed by atoms with van der Waals surface area (Å²) in [5.74, 6) is 1.42. The fourth-order valence-electron chi connectivity index (χ4n) is 4.38. The first kappa shape index (κ1) is 20.6. The molecular formula is C25H26N2O5. The second-order valence-corrected chi connectivity index (χ2v) is 8.02. The molecule has 1 fully saturated rings. The van der Waals surface area contributed by atoms with Gasteiger partial charge in [0.15, 0.2) is 5.76 Å². The zero-order chi connectivity index (χ0) is 22.2. The van der Waals surface area contributed by atoms with Gasteiger partial charge in [-0.1, -0.05) is 0 Å². The summed E-state index contributed by atoms with van der Waals surface area (Å²) in [6.07, 6.45) is 3.80. The van der Waals surface area contributed by atoms with E-state index in [9.17, 15) is 9.90 Å². The first-order valence-corrected chi connectivity index (χ1v) is 10.8. The lowest BCUT2D eigenvalue weighted by molar-refractivity contribution is 0.0336. The van der Waals surface area contributed by atoms with Gasteiger partial charge in [-0.25, -0.2) is 0 Å². The van der Waals surface area contributed by atoms with Crippen LogP contribution in [0.25, 0.3) is 17.0 Å². The molecule has 0 bridgehead atoms. The molecule has 2 aliphatic heterocycles. The van der Waals surface area contributed by atoms with E-state index in [1.807, 2.05) is 24.4 Å². The van der Waals surface area contributed by atoms with Gasteiger partial charge < -0.3 is 23.9 Å². The van der Waals surface area contributed by atoms with Crippen LogP contribution in [0.15, 0.2) is 42.3 Å². The Hall–Kier alpha value is -3.29. The summed E-state index contributed by atoms with van der Waals surface area (Å²) in [7, 11) is 1.64. The van der Waals surface area contributed by atoms with E-state index in [-0.39, 0.29) is 17.3 Å². The average molecular weight is 434 g/mol. The third-order valence-corrected chi connectivity index (χ3v) is 6.15. The summed E-state index contributed by atoms with van der Waals surface area (Å²) in [4.78, 5) is 15.3. The zero-order valence-electron chi connectivity index (χ0n) is 18.3. The van der Waals surface area contributed by atoms with Crippen molar-refractivity contribution in [3.8, 4) is 17.2 Å². The third kappa shape index (κ3) is 3.53. The number of phenolic OH excluding ortho intramolecular Hbond substituents is 1. The number of hydrogen-bond acceptors (Lipinski definition) is 6. The van der Waals surface area contributed by atoms with Crippen molar-refractivity contribution >= 4 is 22.8 Å². The molecule has 32 heavy (non-hydrogen) atoms. The molecule has 0 atom stereocenters. The summed E-state index contributed by atoms with van der Waals surface area (Å²) in [6.45, 7) is 6.26. The molecule has 3 aromatic rings. The molecule has 0 aliphatic carbocycles. The number of ether oxygens (including phenoxy) is 3. The monoisotopic (exact) mass is 434 g/mol. The average Bonchev–Trinajstić information content (AvgIpc) is 3.33. The van der Waals surface area contributed by atoms with Gasteiger partial charge >= 0.3 is 0 Å². The fraction of sp³-hybridized carbons (Fsp3) is 0.320. The number of fused-ring (bicyclic) bond motifs is 2. The van der Waals surface area contributed by atoms with Gasteiger partial charge in [-0.05, 0) is 43.3 Å². The molecule has 2 aromatic carbocycles. The van der Waals surface area contributed by atoms with E-state index < -0.39 is 0 Å². The lowest BCUT2D eigenvalue weighted by Crippen LogP contribution is -2.35. The second-order valence-electron chi connectivity index (χ2n) is 8.02.